The summed E-state index contributed by atoms with van der Waals surface area (Å²) in [5.74, 6) is 1.85. The second-order valence-electron chi connectivity index (χ2n) is 3.94. The summed E-state index contributed by atoms with van der Waals surface area (Å²) in [6.45, 7) is 4.51. The molecule has 0 saturated carbocycles. The van der Waals surface area contributed by atoms with E-state index < -0.39 is 0 Å². The number of hydrogen-bond acceptors (Lipinski definition) is 2. The van der Waals surface area contributed by atoms with E-state index in [0.29, 0.717) is 12.0 Å². The Morgan fingerprint density at radius 3 is 2.71 bits per heavy atom. The lowest BCUT2D eigenvalue weighted by molar-refractivity contribution is 0.378. The van der Waals surface area contributed by atoms with Gasteiger partial charge < -0.3 is 9.88 Å². The van der Waals surface area contributed by atoms with Crippen molar-refractivity contribution in [1.29, 1.82) is 0 Å². The zero-order valence-corrected chi connectivity index (χ0v) is 9.62. The molecule has 0 spiro atoms. The summed E-state index contributed by atoms with van der Waals surface area (Å²) >= 11 is 0. The van der Waals surface area contributed by atoms with Crippen molar-refractivity contribution in [2.75, 3.05) is 7.05 Å². The monoisotopic (exact) mass is 195 g/mol. The highest BCUT2D eigenvalue weighted by atomic mass is 15.0. The van der Waals surface area contributed by atoms with E-state index in [0.717, 1.165) is 12.2 Å². The molecule has 0 amide bonds. The summed E-state index contributed by atoms with van der Waals surface area (Å²) in [5.41, 5.74) is 0. The fraction of sp³-hybridized carbons (Fsp3) is 0.727. The fourth-order valence-corrected chi connectivity index (χ4v) is 1.66. The van der Waals surface area contributed by atoms with Gasteiger partial charge in [0, 0.05) is 31.9 Å². The van der Waals surface area contributed by atoms with Crippen LogP contribution in [0.25, 0.3) is 0 Å². The molecule has 0 aliphatic rings. The first-order valence-corrected chi connectivity index (χ1v) is 5.32. The predicted octanol–water partition coefficient (Wildman–Crippen LogP) is 1.60. The summed E-state index contributed by atoms with van der Waals surface area (Å²) < 4.78 is 2.09. The van der Waals surface area contributed by atoms with Gasteiger partial charge in [0.25, 0.3) is 0 Å². The van der Waals surface area contributed by atoms with E-state index in [-0.39, 0.29) is 0 Å². The first-order chi connectivity index (χ1) is 6.69. The maximum Gasteiger partial charge on any atom is 0.109 e. The third kappa shape index (κ3) is 2.58. The quantitative estimate of drug-likeness (QED) is 0.773. The Morgan fingerprint density at radius 2 is 2.29 bits per heavy atom. The van der Waals surface area contributed by atoms with Crippen LogP contribution in [0.1, 0.15) is 26.1 Å². The molecular weight excluding hydrogens is 174 g/mol. The smallest absolute Gasteiger partial charge is 0.109 e. The lowest BCUT2D eigenvalue weighted by atomic mass is 9.96. The summed E-state index contributed by atoms with van der Waals surface area (Å²) in [4.78, 5) is 4.34. The van der Waals surface area contributed by atoms with Crippen LogP contribution < -0.4 is 5.32 Å². The van der Waals surface area contributed by atoms with Crippen LogP contribution >= 0.6 is 0 Å². The van der Waals surface area contributed by atoms with Gasteiger partial charge in [-0.05, 0) is 13.0 Å². The van der Waals surface area contributed by atoms with E-state index in [1.165, 1.54) is 6.42 Å². The molecule has 1 rings (SSSR count). The van der Waals surface area contributed by atoms with Crippen LogP contribution in [0.3, 0.4) is 0 Å². The van der Waals surface area contributed by atoms with Crippen molar-refractivity contribution in [2.45, 2.75) is 32.7 Å². The van der Waals surface area contributed by atoms with Gasteiger partial charge in [-0.3, -0.25) is 0 Å². The Morgan fingerprint density at radius 1 is 1.57 bits per heavy atom. The Labute approximate surface area is 86.5 Å². The Bertz CT molecular complexity index is 267. The normalized spacial score (nSPS) is 15.4. The van der Waals surface area contributed by atoms with Crippen molar-refractivity contribution in [1.82, 2.24) is 14.9 Å². The lowest BCUT2D eigenvalue weighted by Crippen LogP contribution is -2.34. The van der Waals surface area contributed by atoms with Gasteiger partial charge in [-0.15, -0.1) is 0 Å². The van der Waals surface area contributed by atoms with Crippen molar-refractivity contribution in [2.24, 2.45) is 13.0 Å². The molecule has 2 unspecified atom stereocenters. The standard InChI is InChI=1S/C11H21N3/c1-5-9(2)10(12-3)8-11-13-6-7-14(11)4/h6-7,9-10,12H,5,8H2,1-4H3. The number of imidazole rings is 1. The van der Waals surface area contributed by atoms with E-state index in [1.54, 1.807) is 0 Å². The van der Waals surface area contributed by atoms with Gasteiger partial charge in [0.15, 0.2) is 0 Å². The Hall–Kier alpha value is -0.830. The highest BCUT2D eigenvalue weighted by molar-refractivity contribution is 4.95. The van der Waals surface area contributed by atoms with E-state index >= 15 is 0 Å². The molecule has 3 nitrogen and oxygen atoms in total. The minimum atomic E-state index is 0.529. The minimum Gasteiger partial charge on any atom is -0.338 e. The topological polar surface area (TPSA) is 29.9 Å². The van der Waals surface area contributed by atoms with Gasteiger partial charge in [-0.2, -0.15) is 0 Å². The maximum absolute atomic E-state index is 4.34. The average molecular weight is 195 g/mol. The van der Waals surface area contributed by atoms with Gasteiger partial charge in [0.2, 0.25) is 0 Å². The van der Waals surface area contributed by atoms with Crippen LogP contribution in [-0.2, 0) is 13.5 Å². The highest BCUT2D eigenvalue weighted by Crippen LogP contribution is 2.11. The molecule has 1 aromatic heterocycles. The van der Waals surface area contributed by atoms with Crippen LogP contribution in [0.2, 0.25) is 0 Å². The highest BCUT2D eigenvalue weighted by Gasteiger charge is 2.15. The van der Waals surface area contributed by atoms with Crippen molar-refractivity contribution < 1.29 is 0 Å². The van der Waals surface area contributed by atoms with Crippen LogP contribution in [-0.4, -0.2) is 22.6 Å². The zero-order valence-electron chi connectivity index (χ0n) is 9.62. The molecule has 0 radical (unpaired) electrons. The summed E-state index contributed by atoms with van der Waals surface area (Å²) in [6, 6.07) is 0.529. The molecule has 0 aliphatic carbocycles. The van der Waals surface area contributed by atoms with Gasteiger partial charge >= 0.3 is 0 Å². The SMILES string of the molecule is CCC(C)C(Cc1nccn1C)NC. The summed E-state index contributed by atoms with van der Waals surface area (Å²) in [7, 11) is 4.07. The van der Waals surface area contributed by atoms with Gasteiger partial charge in [-0.25, -0.2) is 4.98 Å². The third-order valence-electron chi connectivity index (χ3n) is 3.03. The first-order valence-electron chi connectivity index (χ1n) is 5.32. The van der Waals surface area contributed by atoms with E-state index in [1.807, 2.05) is 26.5 Å². The van der Waals surface area contributed by atoms with Crippen molar-refractivity contribution in [3.05, 3.63) is 18.2 Å². The van der Waals surface area contributed by atoms with Crippen LogP contribution in [0.5, 0.6) is 0 Å². The molecule has 0 aromatic carbocycles. The van der Waals surface area contributed by atoms with Crippen LogP contribution in [0, 0.1) is 5.92 Å². The second kappa shape index (κ2) is 5.15. The van der Waals surface area contributed by atoms with E-state index in [9.17, 15) is 0 Å². The number of likely N-dealkylation sites (N-methyl/N-ethyl adjacent to an activating group) is 1. The molecule has 0 bridgehead atoms. The van der Waals surface area contributed by atoms with Gasteiger partial charge in [0.05, 0.1) is 0 Å². The van der Waals surface area contributed by atoms with Crippen LogP contribution in [0.4, 0.5) is 0 Å². The van der Waals surface area contributed by atoms with Crippen molar-refractivity contribution in [3.63, 3.8) is 0 Å². The second-order valence-corrected chi connectivity index (χ2v) is 3.94. The third-order valence-corrected chi connectivity index (χ3v) is 3.03. The maximum atomic E-state index is 4.34. The first kappa shape index (κ1) is 11.2. The molecule has 0 saturated heterocycles. The molecule has 3 heteroatoms. The predicted molar refractivity (Wildman–Crippen MR) is 59.2 cm³/mol. The molecule has 1 heterocycles. The molecule has 1 aromatic rings. The zero-order chi connectivity index (χ0) is 10.6. The molecule has 80 valence electrons. The molecule has 0 aliphatic heterocycles. The molecule has 1 N–H and O–H groups in total. The van der Waals surface area contributed by atoms with Crippen molar-refractivity contribution in [3.8, 4) is 0 Å². The van der Waals surface area contributed by atoms with Gasteiger partial charge in [0.1, 0.15) is 5.82 Å². The van der Waals surface area contributed by atoms with E-state index in [2.05, 4.69) is 28.7 Å². The summed E-state index contributed by atoms with van der Waals surface area (Å²) in [5, 5.41) is 3.36. The number of rotatable bonds is 5. The fourth-order valence-electron chi connectivity index (χ4n) is 1.66. The number of nitrogens with zero attached hydrogens (tertiary/aromatic N) is 2. The number of aryl methyl sites for hydroxylation is 1. The van der Waals surface area contributed by atoms with Crippen LogP contribution in [0.15, 0.2) is 12.4 Å². The van der Waals surface area contributed by atoms with Gasteiger partial charge in [-0.1, -0.05) is 20.3 Å². The Balaban J connectivity index is 2.61. The number of nitrogens with one attached hydrogen (secondary N) is 1. The molecular formula is C11H21N3. The molecule has 2 atom stereocenters. The largest absolute Gasteiger partial charge is 0.338 e. The lowest BCUT2D eigenvalue weighted by Gasteiger charge is -2.21. The molecule has 0 fully saturated rings. The summed E-state index contributed by atoms with van der Waals surface area (Å²) in [6.07, 6.45) is 6.07. The number of aromatic nitrogens is 2. The van der Waals surface area contributed by atoms with Crippen molar-refractivity contribution >= 4 is 0 Å². The minimum absolute atomic E-state index is 0.529. The van der Waals surface area contributed by atoms with E-state index in [4.69, 9.17) is 0 Å². The average Bonchev–Trinajstić information content (AvgIpc) is 2.59. The molecule has 14 heavy (non-hydrogen) atoms. The number of hydrogen-bond donors (Lipinski definition) is 1. The Kier molecular flexibility index (Phi) is 4.14.